The second-order valence-corrected chi connectivity index (χ2v) is 6.96. The Bertz CT molecular complexity index is 678. The molecular formula is C18H22ClN3O2. The van der Waals surface area contributed by atoms with Gasteiger partial charge in [0.05, 0.1) is 6.54 Å². The van der Waals surface area contributed by atoms with Gasteiger partial charge in [-0.05, 0) is 36.6 Å². The predicted octanol–water partition coefficient (Wildman–Crippen LogP) is 4.22. The van der Waals surface area contributed by atoms with Gasteiger partial charge in [0.2, 0.25) is 17.6 Å². The van der Waals surface area contributed by atoms with Crippen molar-refractivity contribution >= 4 is 17.5 Å². The van der Waals surface area contributed by atoms with Crippen molar-refractivity contribution < 1.29 is 9.32 Å². The maximum absolute atomic E-state index is 12.2. The van der Waals surface area contributed by atoms with Gasteiger partial charge in [-0.2, -0.15) is 4.98 Å². The van der Waals surface area contributed by atoms with Crippen LogP contribution in [0.5, 0.6) is 0 Å². The number of hydrogen-bond donors (Lipinski definition) is 1. The van der Waals surface area contributed by atoms with Crippen LogP contribution in [0.15, 0.2) is 28.8 Å². The van der Waals surface area contributed by atoms with Crippen molar-refractivity contribution in [3.8, 4) is 11.4 Å². The molecule has 128 valence electrons. The van der Waals surface area contributed by atoms with Crippen molar-refractivity contribution in [1.82, 2.24) is 15.5 Å². The first kappa shape index (κ1) is 17.0. The largest absolute Gasteiger partial charge is 0.347 e. The van der Waals surface area contributed by atoms with Crippen LogP contribution in [0.25, 0.3) is 11.4 Å². The molecule has 0 aliphatic heterocycles. The summed E-state index contributed by atoms with van der Waals surface area (Å²) in [5, 5.41) is 7.49. The number of nitrogens with one attached hydrogen (secondary N) is 1. The van der Waals surface area contributed by atoms with Crippen LogP contribution in [0.3, 0.4) is 0 Å². The van der Waals surface area contributed by atoms with Crippen molar-refractivity contribution in [2.75, 3.05) is 0 Å². The fourth-order valence-corrected chi connectivity index (χ4v) is 3.36. The van der Waals surface area contributed by atoms with Crippen LogP contribution in [0.1, 0.15) is 44.9 Å². The van der Waals surface area contributed by atoms with E-state index < -0.39 is 0 Å². The minimum absolute atomic E-state index is 0.0201. The molecule has 3 rings (SSSR count). The molecule has 5 nitrogen and oxygen atoms in total. The molecule has 24 heavy (non-hydrogen) atoms. The molecule has 1 aromatic heterocycles. The minimum atomic E-state index is 0.0201. The Kier molecular flexibility index (Phi) is 5.51. The zero-order valence-corrected chi connectivity index (χ0v) is 14.6. The summed E-state index contributed by atoms with van der Waals surface area (Å²) in [6.07, 6.45) is 6.08. The van der Waals surface area contributed by atoms with Crippen LogP contribution in [0.4, 0.5) is 0 Å². The number of amides is 1. The highest BCUT2D eigenvalue weighted by Gasteiger charge is 2.22. The van der Waals surface area contributed by atoms with E-state index in [1.807, 2.05) is 19.1 Å². The van der Waals surface area contributed by atoms with Crippen LogP contribution in [-0.2, 0) is 11.3 Å². The highest BCUT2D eigenvalue weighted by molar-refractivity contribution is 6.30. The molecule has 1 unspecified atom stereocenters. The molecule has 1 aliphatic carbocycles. The summed E-state index contributed by atoms with van der Waals surface area (Å²) in [6, 6.07) is 7.22. The first-order chi connectivity index (χ1) is 11.6. The van der Waals surface area contributed by atoms with Crippen molar-refractivity contribution in [1.29, 1.82) is 0 Å². The molecule has 1 N–H and O–H groups in total. The van der Waals surface area contributed by atoms with E-state index in [-0.39, 0.29) is 18.4 Å². The summed E-state index contributed by atoms with van der Waals surface area (Å²) in [4.78, 5) is 16.5. The highest BCUT2D eigenvalue weighted by atomic mass is 35.5. The van der Waals surface area contributed by atoms with Gasteiger partial charge >= 0.3 is 0 Å². The summed E-state index contributed by atoms with van der Waals surface area (Å²) in [7, 11) is 0. The normalized spacial score (nSPS) is 16.2. The molecule has 0 bridgehead atoms. The molecule has 1 atom stereocenters. The Balaban J connectivity index is 1.51. The number of rotatable bonds is 6. The first-order valence-corrected chi connectivity index (χ1v) is 8.86. The predicted molar refractivity (Wildman–Crippen MR) is 92.3 cm³/mol. The summed E-state index contributed by atoms with van der Waals surface area (Å²) in [6.45, 7) is 2.25. The van der Waals surface area contributed by atoms with E-state index in [0.29, 0.717) is 22.7 Å². The van der Waals surface area contributed by atoms with Crippen LogP contribution in [0.2, 0.25) is 5.02 Å². The molecule has 1 aromatic carbocycles. The monoisotopic (exact) mass is 347 g/mol. The van der Waals surface area contributed by atoms with Crippen LogP contribution in [-0.4, -0.2) is 16.0 Å². The third-order valence-corrected chi connectivity index (χ3v) is 4.85. The van der Waals surface area contributed by atoms with Gasteiger partial charge in [0.1, 0.15) is 0 Å². The third kappa shape index (κ3) is 4.35. The van der Waals surface area contributed by atoms with E-state index in [0.717, 1.165) is 12.0 Å². The highest BCUT2D eigenvalue weighted by Crippen LogP contribution is 2.30. The van der Waals surface area contributed by atoms with E-state index in [9.17, 15) is 4.79 Å². The summed E-state index contributed by atoms with van der Waals surface area (Å²) >= 11 is 5.87. The Morgan fingerprint density at radius 1 is 1.33 bits per heavy atom. The fourth-order valence-electron chi connectivity index (χ4n) is 3.23. The molecule has 1 fully saturated rings. The standard InChI is InChI=1S/C18H22ClN3O2/c1-12(10-13-4-2-3-5-13)18(23)20-11-16-21-17(22-24-16)14-6-8-15(19)9-7-14/h6-9,12-13H,2-5,10-11H2,1H3,(H,20,23). The van der Waals surface area contributed by atoms with Gasteiger partial charge in [-0.1, -0.05) is 49.4 Å². The van der Waals surface area contributed by atoms with Crippen molar-refractivity contribution in [2.45, 2.75) is 45.6 Å². The number of carbonyl (C=O) groups is 1. The first-order valence-electron chi connectivity index (χ1n) is 8.48. The molecule has 1 amide bonds. The van der Waals surface area contributed by atoms with Gasteiger partial charge in [-0.25, -0.2) is 0 Å². The number of hydrogen-bond acceptors (Lipinski definition) is 4. The van der Waals surface area contributed by atoms with Gasteiger partial charge < -0.3 is 9.84 Å². The molecule has 6 heteroatoms. The molecule has 0 radical (unpaired) electrons. The topological polar surface area (TPSA) is 68.0 Å². The minimum Gasteiger partial charge on any atom is -0.347 e. The van der Waals surface area contributed by atoms with Crippen molar-refractivity contribution in [2.24, 2.45) is 11.8 Å². The average molecular weight is 348 g/mol. The summed E-state index contributed by atoms with van der Waals surface area (Å²) < 4.78 is 5.20. The van der Waals surface area contributed by atoms with E-state index in [4.69, 9.17) is 16.1 Å². The lowest BCUT2D eigenvalue weighted by Gasteiger charge is -2.15. The van der Waals surface area contributed by atoms with Gasteiger partial charge in [0.15, 0.2) is 0 Å². The lowest BCUT2D eigenvalue weighted by atomic mass is 9.94. The lowest BCUT2D eigenvalue weighted by Crippen LogP contribution is -2.29. The smallest absolute Gasteiger partial charge is 0.246 e. The average Bonchev–Trinajstić information content (AvgIpc) is 3.25. The lowest BCUT2D eigenvalue weighted by molar-refractivity contribution is -0.125. The van der Waals surface area contributed by atoms with Crippen LogP contribution < -0.4 is 5.32 Å². The number of carbonyl (C=O) groups excluding carboxylic acids is 1. The number of benzene rings is 1. The molecule has 1 aliphatic rings. The fraction of sp³-hybridized carbons (Fsp3) is 0.500. The summed E-state index contributed by atoms with van der Waals surface area (Å²) in [5.41, 5.74) is 0.829. The maximum Gasteiger partial charge on any atom is 0.246 e. The number of aromatic nitrogens is 2. The Hall–Kier alpha value is -1.88. The van der Waals surface area contributed by atoms with Crippen molar-refractivity contribution in [3.05, 3.63) is 35.2 Å². The molecular weight excluding hydrogens is 326 g/mol. The maximum atomic E-state index is 12.2. The van der Waals surface area contributed by atoms with Gasteiger partial charge in [-0.3, -0.25) is 4.79 Å². The van der Waals surface area contributed by atoms with E-state index in [1.54, 1.807) is 12.1 Å². The quantitative estimate of drug-likeness (QED) is 0.849. The molecule has 0 saturated heterocycles. The second kappa shape index (κ2) is 7.79. The zero-order valence-electron chi connectivity index (χ0n) is 13.8. The van der Waals surface area contributed by atoms with Crippen molar-refractivity contribution in [3.63, 3.8) is 0 Å². The Morgan fingerprint density at radius 3 is 2.75 bits per heavy atom. The van der Waals surface area contributed by atoms with Gasteiger partial charge in [-0.15, -0.1) is 0 Å². The van der Waals surface area contributed by atoms with Gasteiger partial charge in [0, 0.05) is 16.5 Å². The van der Waals surface area contributed by atoms with E-state index in [1.165, 1.54) is 25.7 Å². The Morgan fingerprint density at radius 2 is 2.04 bits per heavy atom. The third-order valence-electron chi connectivity index (χ3n) is 4.59. The molecule has 1 saturated carbocycles. The second-order valence-electron chi connectivity index (χ2n) is 6.52. The summed E-state index contributed by atoms with van der Waals surface area (Å²) in [5.74, 6) is 1.67. The van der Waals surface area contributed by atoms with Crippen LogP contribution in [0, 0.1) is 11.8 Å². The molecule has 2 aromatic rings. The van der Waals surface area contributed by atoms with Crippen LogP contribution >= 0.6 is 11.6 Å². The zero-order chi connectivity index (χ0) is 16.9. The molecule has 0 spiro atoms. The van der Waals surface area contributed by atoms with E-state index in [2.05, 4.69) is 15.5 Å². The SMILES string of the molecule is CC(CC1CCCC1)C(=O)NCc1nc(-c2ccc(Cl)cc2)no1. The van der Waals surface area contributed by atoms with Gasteiger partial charge in [0.25, 0.3) is 0 Å². The Labute approximate surface area is 146 Å². The van der Waals surface area contributed by atoms with E-state index >= 15 is 0 Å². The number of nitrogens with zero attached hydrogens (tertiary/aromatic N) is 2. The molecule has 1 heterocycles. The number of halogens is 1.